The van der Waals surface area contributed by atoms with Crippen molar-refractivity contribution in [2.24, 2.45) is 0 Å². The number of para-hydroxylation sites is 1. The molecule has 0 spiro atoms. The van der Waals surface area contributed by atoms with Crippen LogP contribution < -0.4 is 4.74 Å². The van der Waals surface area contributed by atoms with Crippen LogP contribution in [0.15, 0.2) is 48.5 Å². The minimum atomic E-state index is 0.513. The Morgan fingerprint density at radius 2 is 1.44 bits per heavy atom. The van der Waals surface area contributed by atoms with Crippen molar-refractivity contribution in [1.29, 1.82) is 0 Å². The fourth-order valence-electron chi connectivity index (χ4n) is 2.49. The molecule has 0 bridgehead atoms. The average molecular weight is 388 g/mol. The Bertz CT molecular complexity index is 770. The predicted octanol–water partition coefficient (Wildman–Crippen LogP) is 4.41. The molecule has 0 aliphatic heterocycles. The third kappa shape index (κ3) is 6.29. The third-order valence-corrected chi connectivity index (χ3v) is 4.93. The highest BCUT2D eigenvalue weighted by molar-refractivity contribution is 7.21. The van der Waals surface area contributed by atoms with Gasteiger partial charge in [0.1, 0.15) is 17.4 Å². The van der Waals surface area contributed by atoms with E-state index in [0.717, 1.165) is 28.4 Å². The van der Waals surface area contributed by atoms with E-state index in [1.54, 1.807) is 11.3 Å². The molecule has 0 fully saturated rings. The monoisotopic (exact) mass is 387 g/mol. The van der Waals surface area contributed by atoms with Crippen molar-refractivity contribution in [3.63, 3.8) is 0 Å². The largest absolute Gasteiger partial charge is 0.491 e. The average Bonchev–Trinajstić information content (AvgIpc) is 3.14. The first kappa shape index (κ1) is 19.8. The molecule has 1 heterocycles. The van der Waals surface area contributed by atoms with Crippen molar-refractivity contribution < 1.29 is 18.9 Å². The zero-order valence-electron chi connectivity index (χ0n) is 15.6. The molecule has 0 saturated carbocycles. The maximum Gasteiger partial charge on any atom is 0.124 e. The van der Waals surface area contributed by atoms with Crippen molar-refractivity contribution in [3.05, 3.63) is 48.5 Å². The Kier molecular flexibility index (Phi) is 8.04. The number of rotatable bonds is 12. The lowest BCUT2D eigenvalue weighted by Gasteiger charge is -2.08. The molecule has 0 unspecified atom stereocenters. The summed E-state index contributed by atoms with van der Waals surface area (Å²) < 4.78 is 23.0. The number of hydrogen-bond acceptors (Lipinski definition) is 6. The first-order valence-electron chi connectivity index (χ1n) is 9.19. The van der Waals surface area contributed by atoms with E-state index in [1.165, 1.54) is 4.70 Å². The molecule has 6 heteroatoms. The van der Waals surface area contributed by atoms with Crippen LogP contribution in [-0.2, 0) is 14.2 Å². The predicted molar refractivity (Wildman–Crippen MR) is 109 cm³/mol. The van der Waals surface area contributed by atoms with Crippen molar-refractivity contribution in [3.8, 4) is 16.3 Å². The number of ether oxygens (including phenoxy) is 4. The minimum Gasteiger partial charge on any atom is -0.491 e. The van der Waals surface area contributed by atoms with Gasteiger partial charge < -0.3 is 18.9 Å². The first-order valence-corrected chi connectivity index (χ1v) is 10.0. The molecule has 0 aliphatic rings. The molecule has 144 valence electrons. The summed E-state index contributed by atoms with van der Waals surface area (Å²) in [7, 11) is 0. The molecular weight excluding hydrogens is 362 g/mol. The summed E-state index contributed by atoms with van der Waals surface area (Å²) in [6.45, 7) is 6.11. The quantitative estimate of drug-likeness (QED) is 0.431. The van der Waals surface area contributed by atoms with E-state index in [4.69, 9.17) is 18.9 Å². The number of thiazole rings is 1. The first-order chi connectivity index (χ1) is 13.4. The lowest BCUT2D eigenvalue weighted by Crippen LogP contribution is -2.12. The lowest BCUT2D eigenvalue weighted by molar-refractivity contribution is 0.0114. The standard InChI is InChI=1S/C21H25NO4S/c1-2-23-11-12-24-13-14-25-15-16-26-18-9-7-17(8-10-18)21-22-19-5-3-4-6-20(19)27-21/h3-10H,2,11-16H2,1H3. The minimum absolute atomic E-state index is 0.513. The van der Waals surface area contributed by atoms with E-state index in [0.29, 0.717) is 39.6 Å². The molecule has 3 rings (SSSR count). The van der Waals surface area contributed by atoms with Crippen LogP contribution in [0.3, 0.4) is 0 Å². The number of nitrogens with zero attached hydrogens (tertiary/aromatic N) is 1. The summed E-state index contributed by atoms with van der Waals surface area (Å²) in [4.78, 5) is 4.68. The highest BCUT2D eigenvalue weighted by Crippen LogP contribution is 2.30. The van der Waals surface area contributed by atoms with E-state index >= 15 is 0 Å². The van der Waals surface area contributed by atoms with Gasteiger partial charge in [-0.15, -0.1) is 11.3 Å². The molecule has 0 radical (unpaired) electrons. The van der Waals surface area contributed by atoms with Crippen molar-refractivity contribution in [1.82, 2.24) is 4.98 Å². The van der Waals surface area contributed by atoms with Gasteiger partial charge in [0.2, 0.25) is 0 Å². The van der Waals surface area contributed by atoms with Crippen LogP contribution in [0.4, 0.5) is 0 Å². The van der Waals surface area contributed by atoms with Gasteiger partial charge in [0.15, 0.2) is 0 Å². The van der Waals surface area contributed by atoms with Crippen molar-refractivity contribution in [2.45, 2.75) is 6.92 Å². The summed E-state index contributed by atoms with van der Waals surface area (Å²) in [6, 6.07) is 16.2. The molecule has 0 N–H and O–H groups in total. The van der Waals surface area contributed by atoms with Gasteiger partial charge in [0.25, 0.3) is 0 Å². The fourth-order valence-corrected chi connectivity index (χ4v) is 3.46. The molecule has 0 aliphatic carbocycles. The van der Waals surface area contributed by atoms with Crippen LogP contribution in [0.2, 0.25) is 0 Å². The van der Waals surface area contributed by atoms with Gasteiger partial charge in [-0.2, -0.15) is 0 Å². The number of hydrogen-bond donors (Lipinski definition) is 0. The number of aromatic nitrogens is 1. The van der Waals surface area contributed by atoms with Gasteiger partial charge >= 0.3 is 0 Å². The lowest BCUT2D eigenvalue weighted by atomic mass is 10.2. The van der Waals surface area contributed by atoms with Crippen molar-refractivity contribution in [2.75, 3.05) is 46.2 Å². The van der Waals surface area contributed by atoms with Crippen LogP contribution in [0.5, 0.6) is 5.75 Å². The zero-order chi connectivity index (χ0) is 18.7. The number of benzene rings is 2. The third-order valence-electron chi connectivity index (χ3n) is 3.84. The Balaban J connectivity index is 1.35. The van der Waals surface area contributed by atoms with Gasteiger partial charge in [-0.25, -0.2) is 4.98 Å². The Morgan fingerprint density at radius 1 is 0.778 bits per heavy atom. The maximum absolute atomic E-state index is 5.71. The van der Waals surface area contributed by atoms with E-state index in [9.17, 15) is 0 Å². The molecule has 1 aromatic heterocycles. The molecule has 0 atom stereocenters. The van der Waals surface area contributed by atoms with Crippen LogP contribution in [0, 0.1) is 0 Å². The van der Waals surface area contributed by atoms with Gasteiger partial charge in [0.05, 0.1) is 43.3 Å². The highest BCUT2D eigenvalue weighted by atomic mass is 32.1. The van der Waals surface area contributed by atoms with E-state index < -0.39 is 0 Å². The van der Waals surface area contributed by atoms with Gasteiger partial charge in [0, 0.05) is 12.2 Å². The Morgan fingerprint density at radius 3 is 2.15 bits per heavy atom. The van der Waals surface area contributed by atoms with Gasteiger partial charge in [-0.1, -0.05) is 12.1 Å². The van der Waals surface area contributed by atoms with Crippen LogP contribution in [-0.4, -0.2) is 51.2 Å². The maximum atomic E-state index is 5.71. The normalized spacial score (nSPS) is 11.1. The second-order valence-electron chi connectivity index (χ2n) is 5.78. The molecule has 2 aromatic carbocycles. The smallest absolute Gasteiger partial charge is 0.124 e. The van der Waals surface area contributed by atoms with Crippen LogP contribution in [0.25, 0.3) is 20.8 Å². The summed E-state index contributed by atoms with van der Waals surface area (Å²) in [5.74, 6) is 0.830. The van der Waals surface area contributed by atoms with E-state index in [1.807, 2.05) is 49.4 Å². The highest BCUT2D eigenvalue weighted by Gasteiger charge is 2.06. The second-order valence-corrected chi connectivity index (χ2v) is 6.81. The molecule has 27 heavy (non-hydrogen) atoms. The summed E-state index contributed by atoms with van der Waals surface area (Å²) in [5.41, 5.74) is 2.14. The molecule has 3 aromatic rings. The van der Waals surface area contributed by atoms with E-state index in [2.05, 4.69) is 11.1 Å². The van der Waals surface area contributed by atoms with Crippen LogP contribution in [0.1, 0.15) is 6.92 Å². The summed E-state index contributed by atoms with van der Waals surface area (Å²) in [6.07, 6.45) is 0. The molecular formula is C21H25NO4S. The van der Waals surface area contributed by atoms with Crippen LogP contribution >= 0.6 is 11.3 Å². The zero-order valence-corrected chi connectivity index (χ0v) is 16.4. The Labute approximate surface area is 163 Å². The molecule has 5 nitrogen and oxygen atoms in total. The summed E-state index contributed by atoms with van der Waals surface area (Å²) >= 11 is 1.70. The molecule has 0 amide bonds. The van der Waals surface area contributed by atoms with Crippen molar-refractivity contribution >= 4 is 21.6 Å². The van der Waals surface area contributed by atoms with Gasteiger partial charge in [-0.3, -0.25) is 0 Å². The number of fused-ring (bicyclic) bond motifs is 1. The molecule has 0 saturated heterocycles. The van der Waals surface area contributed by atoms with Gasteiger partial charge in [-0.05, 0) is 43.3 Å². The summed E-state index contributed by atoms with van der Waals surface area (Å²) in [5, 5.41) is 1.02. The fraction of sp³-hybridized carbons (Fsp3) is 0.381. The van der Waals surface area contributed by atoms with E-state index in [-0.39, 0.29) is 0 Å². The Hall–Kier alpha value is -1.99. The second kappa shape index (κ2) is 11.0. The topological polar surface area (TPSA) is 49.8 Å². The SMILES string of the molecule is CCOCCOCCOCCOc1ccc(-c2nc3ccccc3s2)cc1.